The van der Waals surface area contributed by atoms with Crippen molar-refractivity contribution in [1.82, 2.24) is 0 Å². The summed E-state index contributed by atoms with van der Waals surface area (Å²) < 4.78 is 21.3. The summed E-state index contributed by atoms with van der Waals surface area (Å²) in [4.78, 5) is 12.9. The number of aromatic hydroxyl groups is 1. The Kier molecular flexibility index (Phi) is 5.35. The van der Waals surface area contributed by atoms with Gasteiger partial charge >= 0.3 is 0 Å². The summed E-state index contributed by atoms with van der Waals surface area (Å²) in [5, 5.41) is 39.6. The van der Waals surface area contributed by atoms with Crippen LogP contribution in [-0.2, 0) is 4.74 Å². The maximum Gasteiger partial charge on any atom is 0.229 e. The molecule has 0 saturated carbocycles. The van der Waals surface area contributed by atoms with E-state index in [0.717, 1.165) is 0 Å². The van der Waals surface area contributed by atoms with E-state index < -0.39 is 37.0 Å². The van der Waals surface area contributed by atoms with Gasteiger partial charge in [0, 0.05) is 0 Å². The van der Waals surface area contributed by atoms with Crippen molar-refractivity contribution >= 4 is 11.0 Å². The van der Waals surface area contributed by atoms with Crippen LogP contribution in [0.2, 0.25) is 0 Å². The number of phenolic OH excluding ortho intramolecular Hbond substituents is 1. The van der Waals surface area contributed by atoms with Crippen LogP contribution in [0.1, 0.15) is 0 Å². The maximum absolute atomic E-state index is 12.9. The van der Waals surface area contributed by atoms with Crippen molar-refractivity contribution in [2.45, 2.75) is 24.6 Å². The van der Waals surface area contributed by atoms with Crippen molar-refractivity contribution in [3.05, 3.63) is 52.9 Å². The van der Waals surface area contributed by atoms with E-state index in [9.17, 15) is 20.1 Å². The van der Waals surface area contributed by atoms with Gasteiger partial charge in [-0.15, -0.1) is 0 Å². The number of benzene rings is 2. The molecule has 0 unspecified atom stereocenters. The summed E-state index contributed by atoms with van der Waals surface area (Å²) in [5.41, 5.74) is 0.483. The molecule has 1 fully saturated rings. The van der Waals surface area contributed by atoms with Crippen LogP contribution < -0.4 is 14.9 Å². The monoisotopic (exact) mass is 416 g/mol. The highest BCUT2D eigenvalue weighted by Gasteiger charge is 2.44. The Labute approximate surface area is 170 Å². The summed E-state index contributed by atoms with van der Waals surface area (Å²) in [6, 6.07) is 9.63. The molecule has 1 aliphatic rings. The molecule has 0 bridgehead atoms. The van der Waals surface area contributed by atoms with Crippen LogP contribution in [0.25, 0.3) is 22.1 Å². The van der Waals surface area contributed by atoms with Gasteiger partial charge in [-0.1, -0.05) is 12.1 Å². The standard InChI is InChI=1S/C21H20O9/c1-27-11-4-2-10(3-5-11)13-9-28-20-12(16(13)23)6-7-14(18(20)25)29-21-19(26)17(24)15(8-22)30-21/h2-7,9,15,17,19,21-22,24-26H,8H2,1H3/t15-,17-,19+,21+/m1/s1. The van der Waals surface area contributed by atoms with Crippen molar-refractivity contribution in [3.8, 4) is 28.4 Å². The molecule has 0 amide bonds. The number of aliphatic hydroxyl groups is 3. The molecule has 4 atom stereocenters. The first-order chi connectivity index (χ1) is 14.4. The average molecular weight is 416 g/mol. The molecule has 2 aromatic carbocycles. The molecule has 9 nitrogen and oxygen atoms in total. The van der Waals surface area contributed by atoms with Crippen molar-refractivity contribution in [1.29, 1.82) is 0 Å². The lowest BCUT2D eigenvalue weighted by Gasteiger charge is -2.18. The zero-order valence-electron chi connectivity index (χ0n) is 15.9. The fraction of sp³-hybridized carbons (Fsp3) is 0.286. The fourth-order valence-corrected chi connectivity index (χ4v) is 3.32. The van der Waals surface area contributed by atoms with E-state index in [2.05, 4.69) is 0 Å². The Morgan fingerprint density at radius 1 is 1.07 bits per heavy atom. The average Bonchev–Trinajstić information content (AvgIpc) is 3.04. The Morgan fingerprint density at radius 2 is 1.80 bits per heavy atom. The minimum absolute atomic E-state index is 0.0958. The predicted molar refractivity (Wildman–Crippen MR) is 105 cm³/mol. The number of methoxy groups -OCH3 is 1. The molecule has 2 heterocycles. The van der Waals surface area contributed by atoms with Gasteiger partial charge in [-0.3, -0.25) is 4.79 Å². The highest BCUT2D eigenvalue weighted by Crippen LogP contribution is 2.36. The van der Waals surface area contributed by atoms with Crippen LogP contribution in [0.15, 0.2) is 51.9 Å². The van der Waals surface area contributed by atoms with Crippen LogP contribution in [0.4, 0.5) is 0 Å². The molecular formula is C21H20O9. The van der Waals surface area contributed by atoms with Gasteiger partial charge in [0.25, 0.3) is 0 Å². The second kappa shape index (κ2) is 7.96. The lowest BCUT2D eigenvalue weighted by Crippen LogP contribution is -2.35. The van der Waals surface area contributed by atoms with Crippen molar-refractivity contribution in [2.75, 3.05) is 13.7 Å². The van der Waals surface area contributed by atoms with Crippen LogP contribution >= 0.6 is 0 Å². The summed E-state index contributed by atoms with van der Waals surface area (Å²) in [6.07, 6.45) is -3.86. The summed E-state index contributed by atoms with van der Waals surface area (Å²) >= 11 is 0. The van der Waals surface area contributed by atoms with Crippen molar-refractivity contribution in [3.63, 3.8) is 0 Å². The molecule has 0 spiro atoms. The van der Waals surface area contributed by atoms with Crippen molar-refractivity contribution in [2.24, 2.45) is 0 Å². The number of hydrogen-bond acceptors (Lipinski definition) is 9. The van der Waals surface area contributed by atoms with Gasteiger partial charge < -0.3 is 39.1 Å². The van der Waals surface area contributed by atoms with Gasteiger partial charge in [0.1, 0.15) is 30.3 Å². The molecule has 30 heavy (non-hydrogen) atoms. The van der Waals surface area contributed by atoms with Crippen LogP contribution in [0.5, 0.6) is 17.2 Å². The van der Waals surface area contributed by atoms with E-state index >= 15 is 0 Å². The van der Waals surface area contributed by atoms with E-state index in [1.807, 2.05) is 0 Å². The molecular weight excluding hydrogens is 396 g/mol. The third kappa shape index (κ3) is 3.37. The molecule has 1 aliphatic heterocycles. The molecule has 1 aromatic heterocycles. The first-order valence-corrected chi connectivity index (χ1v) is 9.15. The lowest BCUT2D eigenvalue weighted by atomic mass is 10.1. The third-order valence-electron chi connectivity index (χ3n) is 5.02. The number of aliphatic hydroxyl groups excluding tert-OH is 3. The highest BCUT2D eigenvalue weighted by molar-refractivity contribution is 5.87. The normalized spacial score (nSPS) is 23.6. The van der Waals surface area contributed by atoms with E-state index in [1.165, 1.54) is 18.4 Å². The Bertz CT molecular complexity index is 1110. The van der Waals surface area contributed by atoms with E-state index in [4.69, 9.17) is 23.7 Å². The third-order valence-corrected chi connectivity index (χ3v) is 5.02. The number of fused-ring (bicyclic) bond motifs is 1. The smallest absolute Gasteiger partial charge is 0.229 e. The van der Waals surface area contributed by atoms with Crippen molar-refractivity contribution < 1.29 is 39.1 Å². The first-order valence-electron chi connectivity index (χ1n) is 9.15. The quantitative estimate of drug-likeness (QED) is 0.479. The van der Waals surface area contributed by atoms with Gasteiger partial charge in [-0.05, 0) is 29.8 Å². The van der Waals surface area contributed by atoms with Gasteiger partial charge in [0.15, 0.2) is 11.3 Å². The van der Waals surface area contributed by atoms with Crippen LogP contribution in [-0.4, -0.2) is 58.7 Å². The summed E-state index contributed by atoms with van der Waals surface area (Å²) in [6.45, 7) is -0.509. The Hall–Kier alpha value is -3.11. The van der Waals surface area contributed by atoms with E-state index in [1.54, 1.807) is 31.4 Å². The zero-order chi connectivity index (χ0) is 21.4. The molecule has 9 heteroatoms. The second-order valence-corrected chi connectivity index (χ2v) is 6.82. The van der Waals surface area contributed by atoms with Gasteiger partial charge in [-0.25, -0.2) is 0 Å². The maximum atomic E-state index is 12.9. The molecule has 4 rings (SSSR count). The minimum Gasteiger partial charge on any atom is -0.502 e. The second-order valence-electron chi connectivity index (χ2n) is 6.82. The molecule has 1 saturated heterocycles. The summed E-state index contributed by atoms with van der Waals surface area (Å²) in [5.74, 6) is 0.0783. The van der Waals surface area contributed by atoms with Gasteiger partial charge in [0.05, 0.1) is 24.7 Å². The number of hydrogen-bond donors (Lipinski definition) is 4. The van der Waals surface area contributed by atoms with Crippen LogP contribution in [0.3, 0.4) is 0 Å². The molecule has 158 valence electrons. The van der Waals surface area contributed by atoms with E-state index in [0.29, 0.717) is 16.9 Å². The number of rotatable bonds is 5. The number of ether oxygens (including phenoxy) is 3. The van der Waals surface area contributed by atoms with Gasteiger partial charge in [0.2, 0.25) is 17.5 Å². The molecule has 0 aliphatic carbocycles. The minimum atomic E-state index is -1.43. The lowest BCUT2D eigenvalue weighted by molar-refractivity contribution is -0.117. The molecule has 4 N–H and O–H groups in total. The van der Waals surface area contributed by atoms with Crippen LogP contribution in [0, 0.1) is 0 Å². The topological polar surface area (TPSA) is 139 Å². The Morgan fingerprint density at radius 3 is 2.43 bits per heavy atom. The number of phenols is 1. The summed E-state index contributed by atoms with van der Waals surface area (Å²) in [7, 11) is 1.54. The zero-order valence-corrected chi connectivity index (χ0v) is 15.9. The highest BCUT2D eigenvalue weighted by atomic mass is 16.7. The van der Waals surface area contributed by atoms with Gasteiger partial charge in [-0.2, -0.15) is 0 Å². The molecule has 0 radical (unpaired) electrons. The van der Waals surface area contributed by atoms with E-state index in [-0.39, 0.29) is 22.1 Å². The SMILES string of the molecule is COc1ccc(-c2coc3c(O)c(O[C@H]4O[C@H](CO)[C@@H](O)[C@@H]4O)ccc3c2=O)cc1. The first kappa shape index (κ1) is 20.2. The Balaban J connectivity index is 1.67. The predicted octanol–water partition coefficient (Wildman–Crippen LogP) is 0.992. The molecule has 3 aromatic rings. The largest absolute Gasteiger partial charge is 0.502 e. The fourth-order valence-electron chi connectivity index (χ4n) is 3.32.